The fourth-order valence-corrected chi connectivity index (χ4v) is 3.42. The molecule has 0 aliphatic carbocycles. The summed E-state index contributed by atoms with van der Waals surface area (Å²) in [6.45, 7) is -0.412. The van der Waals surface area contributed by atoms with E-state index in [0.717, 1.165) is 5.52 Å². The lowest BCUT2D eigenvalue weighted by molar-refractivity contribution is -0.147. The van der Waals surface area contributed by atoms with Gasteiger partial charge < -0.3 is 19.4 Å². The standard InChI is InChI=1S/C26H23N3O5/c1-29-22-10-6-5-9-21(22)26(32)28-23(29)15-16-25(31)33-17-24(30)27-18-11-13-20(14-12-18)34-19-7-3-2-4-8-19/h2-14H,15-17H2,1H3,(H,27,30). The van der Waals surface area contributed by atoms with Crippen LogP contribution in [0.3, 0.4) is 0 Å². The molecule has 0 atom stereocenters. The number of carbonyl (C=O) groups excluding carboxylic acids is 2. The molecule has 1 heterocycles. The van der Waals surface area contributed by atoms with E-state index in [1.165, 1.54) is 0 Å². The van der Waals surface area contributed by atoms with Gasteiger partial charge in [-0.2, -0.15) is 4.98 Å². The fourth-order valence-electron chi connectivity index (χ4n) is 3.42. The number of aromatic nitrogens is 2. The van der Waals surface area contributed by atoms with E-state index in [9.17, 15) is 14.4 Å². The zero-order chi connectivity index (χ0) is 23.9. The molecule has 3 aromatic carbocycles. The maximum Gasteiger partial charge on any atom is 0.306 e. The number of nitrogens with one attached hydrogen (secondary N) is 1. The number of esters is 1. The van der Waals surface area contributed by atoms with Crippen LogP contribution in [0, 0.1) is 0 Å². The largest absolute Gasteiger partial charge is 0.457 e. The van der Waals surface area contributed by atoms with Gasteiger partial charge in [-0.05, 0) is 48.5 Å². The number of hydrogen-bond acceptors (Lipinski definition) is 6. The van der Waals surface area contributed by atoms with Crippen LogP contribution >= 0.6 is 0 Å². The van der Waals surface area contributed by atoms with Gasteiger partial charge in [-0.1, -0.05) is 30.3 Å². The molecule has 4 rings (SSSR count). The smallest absolute Gasteiger partial charge is 0.306 e. The van der Waals surface area contributed by atoms with Gasteiger partial charge in [0.25, 0.3) is 11.5 Å². The highest BCUT2D eigenvalue weighted by Crippen LogP contribution is 2.22. The minimum atomic E-state index is -0.552. The molecule has 0 radical (unpaired) electrons. The van der Waals surface area contributed by atoms with Crippen LogP contribution < -0.4 is 15.6 Å². The first-order chi connectivity index (χ1) is 16.5. The monoisotopic (exact) mass is 457 g/mol. The number of fused-ring (bicyclic) bond motifs is 1. The Morgan fingerprint density at radius 3 is 2.35 bits per heavy atom. The van der Waals surface area contributed by atoms with Gasteiger partial charge in [0.05, 0.1) is 17.3 Å². The topological polar surface area (TPSA) is 99.5 Å². The molecule has 0 spiro atoms. The van der Waals surface area contributed by atoms with Crippen LogP contribution in [0.4, 0.5) is 5.69 Å². The van der Waals surface area contributed by atoms with Gasteiger partial charge in [0, 0.05) is 19.2 Å². The Balaban J connectivity index is 1.25. The normalized spacial score (nSPS) is 10.6. The predicted octanol–water partition coefficient (Wildman–Crippen LogP) is 3.84. The first kappa shape index (κ1) is 22.7. The highest BCUT2D eigenvalue weighted by molar-refractivity contribution is 5.92. The molecule has 8 heteroatoms. The van der Waals surface area contributed by atoms with Crippen molar-refractivity contribution in [3.8, 4) is 11.5 Å². The third-order valence-corrected chi connectivity index (χ3v) is 5.15. The van der Waals surface area contributed by atoms with Gasteiger partial charge >= 0.3 is 5.97 Å². The molecule has 4 aromatic rings. The van der Waals surface area contributed by atoms with Gasteiger partial charge in [0.15, 0.2) is 6.61 Å². The Kier molecular flexibility index (Phi) is 6.98. The van der Waals surface area contributed by atoms with E-state index in [0.29, 0.717) is 28.4 Å². The Hall–Kier alpha value is -4.46. The van der Waals surface area contributed by atoms with E-state index in [1.54, 1.807) is 48.0 Å². The van der Waals surface area contributed by atoms with Gasteiger partial charge in [0.1, 0.15) is 17.3 Å². The Morgan fingerprint density at radius 2 is 1.59 bits per heavy atom. The van der Waals surface area contributed by atoms with Crippen LogP contribution in [0.15, 0.2) is 83.7 Å². The Labute approximate surface area is 195 Å². The van der Waals surface area contributed by atoms with E-state index in [-0.39, 0.29) is 18.4 Å². The molecule has 0 unspecified atom stereocenters. The number of benzene rings is 3. The quantitative estimate of drug-likeness (QED) is 0.404. The maximum absolute atomic E-state index is 12.2. The number of nitrogens with zero attached hydrogens (tertiary/aromatic N) is 2. The number of rotatable bonds is 8. The molecular weight excluding hydrogens is 434 g/mol. The summed E-state index contributed by atoms with van der Waals surface area (Å²) in [5.74, 6) is 0.811. The van der Waals surface area contributed by atoms with Crippen molar-refractivity contribution in [3.05, 3.63) is 95.0 Å². The first-order valence-electron chi connectivity index (χ1n) is 10.7. The van der Waals surface area contributed by atoms with E-state index in [4.69, 9.17) is 9.47 Å². The molecule has 0 bridgehead atoms. The molecule has 0 saturated carbocycles. The summed E-state index contributed by atoms with van der Waals surface area (Å²) in [6, 6.07) is 23.4. The minimum Gasteiger partial charge on any atom is -0.457 e. The third-order valence-electron chi connectivity index (χ3n) is 5.15. The van der Waals surface area contributed by atoms with Gasteiger partial charge in [0.2, 0.25) is 0 Å². The van der Waals surface area contributed by atoms with Crippen molar-refractivity contribution in [1.29, 1.82) is 0 Å². The summed E-state index contributed by atoms with van der Waals surface area (Å²) < 4.78 is 12.6. The highest BCUT2D eigenvalue weighted by Gasteiger charge is 2.12. The van der Waals surface area contributed by atoms with Gasteiger partial charge in [-0.15, -0.1) is 0 Å². The summed E-state index contributed by atoms with van der Waals surface area (Å²) in [5, 5.41) is 3.19. The number of para-hydroxylation sites is 2. The van der Waals surface area contributed by atoms with E-state index in [2.05, 4.69) is 10.3 Å². The van der Waals surface area contributed by atoms with E-state index in [1.807, 2.05) is 42.5 Å². The molecule has 0 aliphatic rings. The molecule has 34 heavy (non-hydrogen) atoms. The van der Waals surface area contributed by atoms with Crippen molar-refractivity contribution in [2.45, 2.75) is 12.8 Å². The molecular formula is C26H23N3O5. The maximum atomic E-state index is 12.2. The van der Waals surface area contributed by atoms with Crippen molar-refractivity contribution in [2.75, 3.05) is 11.9 Å². The first-order valence-corrected chi connectivity index (χ1v) is 10.7. The number of amides is 1. The molecule has 1 amide bonds. The van der Waals surface area contributed by atoms with Crippen molar-refractivity contribution >= 4 is 28.5 Å². The second-order valence-electron chi connectivity index (χ2n) is 7.56. The van der Waals surface area contributed by atoms with E-state index >= 15 is 0 Å². The summed E-state index contributed by atoms with van der Waals surface area (Å²) in [6.07, 6.45) is 0.220. The lowest BCUT2D eigenvalue weighted by Crippen LogP contribution is -2.22. The number of aryl methyl sites for hydroxylation is 2. The average Bonchev–Trinajstić information content (AvgIpc) is 2.86. The fraction of sp³-hybridized carbons (Fsp3) is 0.154. The van der Waals surface area contributed by atoms with Gasteiger partial charge in [-0.3, -0.25) is 14.4 Å². The molecule has 172 valence electrons. The van der Waals surface area contributed by atoms with Crippen molar-refractivity contribution in [1.82, 2.24) is 9.55 Å². The van der Waals surface area contributed by atoms with Crippen LogP contribution in [0.25, 0.3) is 10.9 Å². The molecule has 8 nitrogen and oxygen atoms in total. The average molecular weight is 457 g/mol. The van der Waals surface area contributed by atoms with Crippen molar-refractivity contribution < 1.29 is 19.1 Å². The number of ether oxygens (including phenoxy) is 2. The SMILES string of the molecule is Cn1c(CCC(=O)OCC(=O)Nc2ccc(Oc3ccccc3)cc2)nc(=O)c2ccccc21. The molecule has 1 aromatic heterocycles. The van der Waals surface area contributed by atoms with Crippen LogP contribution in [0.1, 0.15) is 12.2 Å². The zero-order valence-electron chi connectivity index (χ0n) is 18.6. The summed E-state index contributed by atoms with van der Waals surface area (Å²) in [7, 11) is 1.79. The van der Waals surface area contributed by atoms with Crippen LogP contribution in [0.2, 0.25) is 0 Å². The van der Waals surface area contributed by atoms with Crippen LogP contribution in [-0.2, 0) is 27.8 Å². The zero-order valence-corrected chi connectivity index (χ0v) is 18.6. The molecule has 0 saturated heterocycles. The van der Waals surface area contributed by atoms with Gasteiger partial charge in [-0.25, -0.2) is 0 Å². The van der Waals surface area contributed by atoms with Crippen molar-refractivity contribution in [2.24, 2.45) is 7.05 Å². The molecule has 1 N–H and O–H groups in total. The summed E-state index contributed by atoms with van der Waals surface area (Å²) >= 11 is 0. The Bertz CT molecular complexity index is 1370. The number of carbonyl (C=O) groups is 2. The van der Waals surface area contributed by atoms with E-state index < -0.39 is 18.5 Å². The second kappa shape index (κ2) is 10.4. The second-order valence-corrected chi connectivity index (χ2v) is 7.56. The third kappa shape index (κ3) is 5.66. The number of hydrogen-bond donors (Lipinski definition) is 1. The predicted molar refractivity (Wildman–Crippen MR) is 128 cm³/mol. The molecule has 0 aliphatic heterocycles. The summed E-state index contributed by atoms with van der Waals surface area (Å²) in [5.41, 5.74) is 0.957. The lowest BCUT2D eigenvalue weighted by Gasteiger charge is -2.11. The van der Waals surface area contributed by atoms with Crippen LogP contribution in [-0.4, -0.2) is 28.0 Å². The van der Waals surface area contributed by atoms with Crippen LogP contribution in [0.5, 0.6) is 11.5 Å². The number of anilines is 1. The summed E-state index contributed by atoms with van der Waals surface area (Å²) in [4.78, 5) is 40.5. The highest BCUT2D eigenvalue weighted by atomic mass is 16.5. The Morgan fingerprint density at radius 1 is 0.912 bits per heavy atom. The minimum absolute atomic E-state index is 0.00256. The molecule has 0 fully saturated rings. The van der Waals surface area contributed by atoms with Crippen molar-refractivity contribution in [3.63, 3.8) is 0 Å². The lowest BCUT2D eigenvalue weighted by atomic mass is 10.2.